The van der Waals surface area contributed by atoms with Crippen LogP contribution in [0.5, 0.6) is 0 Å². The molecule has 19 atom stereocenters. The van der Waals surface area contributed by atoms with Gasteiger partial charge in [-0.2, -0.15) is 0 Å². The van der Waals surface area contributed by atoms with Crippen LogP contribution in [0.25, 0.3) is 0 Å². The molecule has 5 N–H and O–H groups in total. The molecule has 0 amide bonds. The molecule has 4 heterocycles. The molecule has 4 fully saturated rings. The van der Waals surface area contributed by atoms with E-state index in [1.165, 1.54) is 28.4 Å². The average Bonchev–Trinajstić information content (AvgIpc) is 3.87. The van der Waals surface area contributed by atoms with Crippen LogP contribution >= 0.6 is 0 Å². The summed E-state index contributed by atoms with van der Waals surface area (Å²) in [5, 5.41) is 59.2. The third-order valence-electron chi connectivity index (χ3n) is 13.2. The summed E-state index contributed by atoms with van der Waals surface area (Å²) in [4.78, 5) is 15.6. The smallest absolute Gasteiger partial charge is 0.308 e. The van der Waals surface area contributed by atoms with Gasteiger partial charge in [0.15, 0.2) is 18.9 Å². The van der Waals surface area contributed by atoms with Gasteiger partial charge >= 0.3 is 5.97 Å². The number of likely N-dealkylation sites (N-methyl/N-ethyl adjacent to an activating group) is 1. The predicted octanol–water partition coefficient (Wildman–Crippen LogP) is 1.68. The third kappa shape index (κ3) is 11.9. The molecule has 8 unspecified atom stereocenters. The Morgan fingerprint density at radius 1 is 0.898 bits per heavy atom. The van der Waals surface area contributed by atoms with Crippen molar-refractivity contribution in [3.8, 4) is 0 Å². The summed E-state index contributed by atoms with van der Waals surface area (Å²) in [5.41, 5.74) is -0.167. The van der Waals surface area contributed by atoms with Gasteiger partial charge in [0.25, 0.3) is 0 Å². The second-order valence-electron chi connectivity index (χ2n) is 17.4. The van der Waals surface area contributed by atoms with Crippen molar-refractivity contribution in [1.82, 2.24) is 4.90 Å². The van der Waals surface area contributed by atoms with Crippen molar-refractivity contribution in [3.05, 3.63) is 0 Å². The molecule has 0 spiro atoms. The van der Waals surface area contributed by atoms with Crippen molar-refractivity contribution in [2.75, 3.05) is 49.1 Å². The molecule has 0 bridgehead atoms. The number of aliphatic hydroxyl groups excluding tert-OH is 4. The third-order valence-corrected chi connectivity index (χ3v) is 13.2. The van der Waals surface area contributed by atoms with Gasteiger partial charge in [0.2, 0.25) is 0 Å². The highest BCUT2D eigenvalue weighted by Crippen LogP contribution is 2.48. The first kappa shape index (κ1) is 50.0. The predicted molar refractivity (Wildman–Crippen MR) is 211 cm³/mol. The quantitative estimate of drug-likeness (QED) is 0.0584. The maximum absolute atomic E-state index is 13.9. The summed E-state index contributed by atoms with van der Waals surface area (Å²) in [6.07, 6.45) is -10.6. The highest BCUT2D eigenvalue weighted by Gasteiger charge is 2.59. The summed E-state index contributed by atoms with van der Waals surface area (Å²) in [7, 11) is 9.50. The second-order valence-corrected chi connectivity index (χ2v) is 17.4. The number of fused-ring (bicyclic) bond motifs is 1. The van der Waals surface area contributed by atoms with Crippen LogP contribution in [-0.2, 0) is 52.2 Å². The normalized spacial score (nSPS) is 45.1. The molecule has 0 aromatic heterocycles. The number of carbonyl (C=O) groups is 1. The van der Waals surface area contributed by atoms with Gasteiger partial charge in [-0.15, -0.1) is 0 Å². The molecule has 344 valence electrons. The van der Waals surface area contributed by atoms with Crippen LogP contribution in [0.15, 0.2) is 5.16 Å². The molecule has 0 saturated carbocycles. The number of esters is 1. The first-order valence-corrected chi connectivity index (χ1v) is 21.1. The van der Waals surface area contributed by atoms with Crippen molar-refractivity contribution in [3.63, 3.8) is 0 Å². The minimum absolute atomic E-state index is 0.0364. The molecule has 59 heavy (non-hydrogen) atoms. The highest BCUT2D eigenvalue weighted by atomic mass is 16.7. The van der Waals surface area contributed by atoms with Gasteiger partial charge in [-0.25, -0.2) is 0 Å². The molecule has 18 heteroatoms. The summed E-state index contributed by atoms with van der Waals surface area (Å²) in [6.45, 7) is 11.0. The van der Waals surface area contributed by atoms with Crippen molar-refractivity contribution in [1.29, 1.82) is 0 Å². The number of aliphatic hydroxyl groups is 4. The van der Waals surface area contributed by atoms with Gasteiger partial charge in [-0.05, 0) is 72.4 Å². The Balaban J connectivity index is 1.69. The molecule has 0 radical (unpaired) electrons. The van der Waals surface area contributed by atoms with E-state index >= 15 is 0 Å². The van der Waals surface area contributed by atoms with E-state index in [4.69, 9.17) is 47.4 Å². The summed E-state index contributed by atoms with van der Waals surface area (Å²) in [6, 6.07) is -0.722. The van der Waals surface area contributed by atoms with Crippen LogP contribution < -0.4 is 0 Å². The summed E-state index contributed by atoms with van der Waals surface area (Å²) < 4.78 is 60.2. The lowest BCUT2D eigenvalue weighted by Crippen LogP contribution is -2.63. The zero-order chi connectivity index (χ0) is 43.9. The van der Waals surface area contributed by atoms with E-state index in [0.29, 0.717) is 31.4 Å². The van der Waals surface area contributed by atoms with Gasteiger partial charge in [0.05, 0.1) is 67.0 Å². The van der Waals surface area contributed by atoms with E-state index in [1.54, 1.807) is 39.8 Å². The van der Waals surface area contributed by atoms with Crippen LogP contribution in [0.1, 0.15) is 80.1 Å². The zero-order valence-corrected chi connectivity index (χ0v) is 37.0. The molecule has 4 rings (SSSR count). The van der Waals surface area contributed by atoms with Crippen LogP contribution in [0.2, 0.25) is 0 Å². The largest absolute Gasteiger partial charge is 0.462 e. The fourth-order valence-corrected chi connectivity index (χ4v) is 9.32. The lowest BCUT2D eigenvalue weighted by molar-refractivity contribution is -0.306. The summed E-state index contributed by atoms with van der Waals surface area (Å²) in [5.74, 6) is -2.65. The van der Waals surface area contributed by atoms with E-state index in [-0.39, 0.29) is 25.4 Å². The van der Waals surface area contributed by atoms with E-state index in [9.17, 15) is 30.4 Å². The van der Waals surface area contributed by atoms with E-state index in [0.717, 1.165) is 0 Å². The lowest BCUT2D eigenvalue weighted by atomic mass is 9.78. The van der Waals surface area contributed by atoms with Crippen molar-refractivity contribution >= 4 is 11.7 Å². The van der Waals surface area contributed by atoms with Gasteiger partial charge in [-0.1, -0.05) is 25.9 Å². The number of cyclic esters (lactones) is 1. The Hall–Kier alpha value is -1.62. The minimum Gasteiger partial charge on any atom is -0.462 e. The number of hydrogen-bond acceptors (Lipinski definition) is 18. The molecule has 4 aliphatic rings. The van der Waals surface area contributed by atoms with E-state index in [1.807, 2.05) is 20.8 Å². The number of carbonyl (C=O) groups excluding carboxylic acids is 1. The Bertz CT molecular complexity index is 1330. The molecule has 0 aromatic rings. The number of hydrogen-bond donors (Lipinski definition) is 5. The Labute approximate surface area is 349 Å². The lowest BCUT2D eigenvalue weighted by Gasteiger charge is -2.47. The molecule has 4 saturated heterocycles. The zero-order valence-electron chi connectivity index (χ0n) is 37.0. The maximum Gasteiger partial charge on any atom is 0.308 e. The monoisotopic (exact) mass is 851 g/mol. The number of ether oxygens (including phenoxy) is 10. The number of rotatable bonds is 13. The molecular weight excluding hydrogens is 776 g/mol. The standard InChI is InChI=1S/C41H74N2O16/c1-13-28-25(19-54-40-37(53-12)36(52-11)33(47)23(5)56-40)38-41(6,59-38)15-14-26(42-49)20(2)16-24(17-30(50-9)51-10)35(21(3)27(44)18-29(45)57-28)58-39-34(48)31(43(7)8)32(46)22(4)55-39/h20-25,27-28,30-40,44,46-49H,13-19H2,1-12H3/b42-26+/t20-,21+,22-,23-,24-,25?,27-,28-,31+,32-,33?,34-,35?,36?,37?,38?,39+,40?,41?/m1/s1. The molecule has 4 aliphatic heterocycles. The van der Waals surface area contributed by atoms with Crippen LogP contribution in [0, 0.1) is 23.7 Å². The summed E-state index contributed by atoms with van der Waals surface area (Å²) >= 11 is 0. The second kappa shape index (κ2) is 22.1. The SMILES string of the molecule is CC[C@H]1OC(=O)C[C@@H](O)[C@H](C)C(O[C@@H]2O[C@H](C)[C@@H](O)[C@H](N(C)C)[C@H]2O)[C@@H](CC(OC)OC)C[C@@H](C)/C(=N/O)CCC2(C)OC2C1COC1O[C@H](C)C(O)C(OC)C1OC. The Morgan fingerprint density at radius 2 is 1.53 bits per heavy atom. The van der Waals surface area contributed by atoms with Crippen LogP contribution in [0.3, 0.4) is 0 Å². The van der Waals surface area contributed by atoms with Crippen molar-refractivity contribution in [2.45, 2.75) is 178 Å². The Morgan fingerprint density at radius 3 is 2.10 bits per heavy atom. The van der Waals surface area contributed by atoms with Crippen molar-refractivity contribution < 1.29 is 77.8 Å². The maximum atomic E-state index is 13.9. The van der Waals surface area contributed by atoms with Gasteiger partial charge in [-0.3, -0.25) is 4.79 Å². The topological polar surface area (TPSA) is 229 Å². The minimum atomic E-state index is -1.28. The first-order valence-electron chi connectivity index (χ1n) is 21.1. The molecule has 0 aromatic carbocycles. The molecule has 0 aliphatic carbocycles. The van der Waals surface area contributed by atoms with Gasteiger partial charge in [0, 0.05) is 46.7 Å². The Kier molecular flexibility index (Phi) is 18.8. The van der Waals surface area contributed by atoms with Gasteiger partial charge < -0.3 is 77.9 Å². The first-order chi connectivity index (χ1) is 27.9. The fourth-order valence-electron chi connectivity index (χ4n) is 9.32. The van der Waals surface area contributed by atoms with Crippen molar-refractivity contribution in [2.24, 2.45) is 28.8 Å². The van der Waals surface area contributed by atoms with Gasteiger partial charge in [0.1, 0.15) is 30.5 Å². The number of methoxy groups -OCH3 is 4. The van der Waals surface area contributed by atoms with Crippen LogP contribution in [-0.4, -0.2) is 189 Å². The van der Waals surface area contributed by atoms with Crippen LogP contribution in [0.4, 0.5) is 0 Å². The number of nitrogens with zero attached hydrogens (tertiary/aromatic N) is 2. The highest BCUT2D eigenvalue weighted by molar-refractivity contribution is 5.86. The number of epoxide rings is 1. The van der Waals surface area contributed by atoms with E-state index < -0.39 is 121 Å². The molecular formula is C41H74N2O16. The molecule has 18 nitrogen and oxygen atoms in total. The average molecular weight is 851 g/mol. The fraction of sp³-hybridized carbons (Fsp3) is 0.951. The number of oxime groups is 1. The van der Waals surface area contributed by atoms with E-state index in [2.05, 4.69) is 5.16 Å².